The number of ether oxygens (including phenoxy) is 1. The van der Waals surface area contributed by atoms with Gasteiger partial charge in [-0.25, -0.2) is 0 Å². The highest BCUT2D eigenvalue weighted by Gasteiger charge is 2.52. The van der Waals surface area contributed by atoms with Crippen LogP contribution < -0.4 is 0 Å². The molecule has 1 heterocycles. The molecule has 76 valence electrons. The highest BCUT2D eigenvalue weighted by molar-refractivity contribution is 5.25. The summed E-state index contributed by atoms with van der Waals surface area (Å²) in [5, 5.41) is 9.96. The van der Waals surface area contributed by atoms with E-state index in [1.165, 1.54) is 5.56 Å². The predicted octanol–water partition coefficient (Wildman–Crippen LogP) is 2.21. The Labute approximate surface area is 84.5 Å². The topological polar surface area (TPSA) is 32.8 Å². The Hall–Kier alpha value is -0.860. The summed E-state index contributed by atoms with van der Waals surface area (Å²) in [7, 11) is 0. The maximum Gasteiger partial charge on any atom is 0.117 e. The molecule has 1 aromatic rings. The summed E-state index contributed by atoms with van der Waals surface area (Å²) in [6.45, 7) is 6.03. The molecule has 14 heavy (non-hydrogen) atoms. The van der Waals surface area contributed by atoms with Crippen LogP contribution in [0.3, 0.4) is 0 Å². The summed E-state index contributed by atoms with van der Waals surface area (Å²) >= 11 is 0. The summed E-state index contributed by atoms with van der Waals surface area (Å²) in [6, 6.07) is 7.93. The summed E-state index contributed by atoms with van der Waals surface area (Å²) in [4.78, 5) is 0. The minimum atomic E-state index is -0.495. The van der Waals surface area contributed by atoms with Crippen molar-refractivity contribution in [3.63, 3.8) is 0 Å². The van der Waals surface area contributed by atoms with Gasteiger partial charge in [-0.05, 0) is 26.3 Å². The second-order valence-electron chi connectivity index (χ2n) is 4.50. The van der Waals surface area contributed by atoms with E-state index in [2.05, 4.69) is 0 Å². The van der Waals surface area contributed by atoms with Gasteiger partial charge in [-0.3, -0.25) is 0 Å². The van der Waals surface area contributed by atoms with Gasteiger partial charge in [-0.1, -0.05) is 29.8 Å². The third-order valence-corrected chi connectivity index (χ3v) is 2.76. The van der Waals surface area contributed by atoms with Crippen molar-refractivity contribution >= 4 is 0 Å². The van der Waals surface area contributed by atoms with Gasteiger partial charge in [0.15, 0.2) is 0 Å². The van der Waals surface area contributed by atoms with Crippen LogP contribution in [0.1, 0.15) is 31.1 Å². The van der Waals surface area contributed by atoms with Crippen LogP contribution in [0.5, 0.6) is 0 Å². The lowest BCUT2D eigenvalue weighted by molar-refractivity contribution is 0.136. The van der Waals surface area contributed by atoms with E-state index in [1.54, 1.807) is 0 Å². The molecule has 1 unspecified atom stereocenters. The monoisotopic (exact) mass is 192 g/mol. The lowest BCUT2D eigenvalue weighted by atomic mass is 9.99. The van der Waals surface area contributed by atoms with Crippen molar-refractivity contribution in [1.82, 2.24) is 0 Å². The van der Waals surface area contributed by atoms with Crippen molar-refractivity contribution in [2.75, 3.05) is 0 Å². The Morgan fingerprint density at radius 1 is 1.29 bits per heavy atom. The van der Waals surface area contributed by atoms with E-state index in [0.29, 0.717) is 0 Å². The fourth-order valence-electron chi connectivity index (χ4n) is 1.68. The molecule has 0 spiro atoms. The van der Waals surface area contributed by atoms with Crippen molar-refractivity contribution in [2.45, 2.75) is 38.6 Å². The van der Waals surface area contributed by atoms with Gasteiger partial charge in [0.05, 0.1) is 5.60 Å². The molecule has 0 bridgehead atoms. The molecule has 2 atom stereocenters. The maximum atomic E-state index is 9.96. The van der Waals surface area contributed by atoms with Crippen LogP contribution in [-0.2, 0) is 4.74 Å². The lowest BCUT2D eigenvalue weighted by Gasteiger charge is -2.09. The molecule has 2 heteroatoms. The van der Waals surface area contributed by atoms with Crippen LogP contribution in [0.4, 0.5) is 0 Å². The number of rotatable bonds is 2. The van der Waals surface area contributed by atoms with Gasteiger partial charge in [0.1, 0.15) is 12.2 Å². The molecule has 1 aromatic carbocycles. The van der Waals surface area contributed by atoms with Crippen LogP contribution in [0.15, 0.2) is 24.3 Å². The Bertz CT molecular complexity index is 327. The van der Waals surface area contributed by atoms with Gasteiger partial charge in [0.2, 0.25) is 0 Å². The molecule has 0 aromatic heterocycles. The molecule has 2 rings (SSSR count). The van der Waals surface area contributed by atoms with Gasteiger partial charge in [-0.15, -0.1) is 0 Å². The number of hydrogen-bond acceptors (Lipinski definition) is 2. The van der Waals surface area contributed by atoms with Gasteiger partial charge in [0, 0.05) is 0 Å². The van der Waals surface area contributed by atoms with Gasteiger partial charge in [0.25, 0.3) is 0 Å². The highest BCUT2D eigenvalue weighted by atomic mass is 16.6. The van der Waals surface area contributed by atoms with E-state index < -0.39 is 6.10 Å². The molecular formula is C12H16O2. The Balaban J connectivity index is 2.13. The Morgan fingerprint density at radius 2 is 1.79 bits per heavy atom. The molecule has 1 aliphatic rings. The minimum Gasteiger partial charge on any atom is -0.386 e. The van der Waals surface area contributed by atoms with Crippen molar-refractivity contribution in [1.29, 1.82) is 0 Å². The minimum absolute atomic E-state index is 0.0507. The third kappa shape index (κ3) is 1.68. The van der Waals surface area contributed by atoms with Crippen molar-refractivity contribution in [3.8, 4) is 0 Å². The molecule has 1 fully saturated rings. The quantitative estimate of drug-likeness (QED) is 0.729. The zero-order chi connectivity index (χ0) is 10.3. The fourth-order valence-corrected chi connectivity index (χ4v) is 1.68. The first-order valence-electron chi connectivity index (χ1n) is 4.93. The van der Waals surface area contributed by atoms with Crippen molar-refractivity contribution in [3.05, 3.63) is 35.4 Å². The number of aliphatic hydroxyl groups is 1. The van der Waals surface area contributed by atoms with Crippen LogP contribution in [-0.4, -0.2) is 16.8 Å². The number of hydrogen-bond donors (Lipinski definition) is 1. The summed E-state index contributed by atoms with van der Waals surface area (Å²) in [6.07, 6.45) is -0.546. The Kier molecular flexibility index (Phi) is 2.13. The summed E-state index contributed by atoms with van der Waals surface area (Å²) in [5.41, 5.74) is 1.98. The lowest BCUT2D eigenvalue weighted by Crippen LogP contribution is -2.12. The second-order valence-corrected chi connectivity index (χ2v) is 4.50. The van der Waals surface area contributed by atoms with E-state index in [1.807, 2.05) is 45.0 Å². The first-order valence-corrected chi connectivity index (χ1v) is 4.93. The van der Waals surface area contributed by atoms with E-state index in [0.717, 1.165) is 5.56 Å². The molecular weight excluding hydrogens is 176 g/mol. The van der Waals surface area contributed by atoms with Gasteiger partial charge in [-0.2, -0.15) is 0 Å². The highest BCUT2D eigenvalue weighted by Crippen LogP contribution is 2.43. The first kappa shape index (κ1) is 9.69. The fraction of sp³-hybridized carbons (Fsp3) is 0.500. The zero-order valence-electron chi connectivity index (χ0n) is 8.82. The van der Waals surface area contributed by atoms with Gasteiger partial charge < -0.3 is 9.84 Å². The van der Waals surface area contributed by atoms with Crippen molar-refractivity contribution in [2.24, 2.45) is 0 Å². The average Bonchev–Trinajstić information content (AvgIpc) is 2.75. The van der Waals surface area contributed by atoms with Crippen LogP contribution in [0.25, 0.3) is 0 Å². The molecule has 1 N–H and O–H groups in total. The van der Waals surface area contributed by atoms with E-state index in [4.69, 9.17) is 4.74 Å². The summed E-state index contributed by atoms with van der Waals surface area (Å²) < 4.78 is 5.40. The maximum absolute atomic E-state index is 9.96. The van der Waals surface area contributed by atoms with Crippen LogP contribution in [0, 0.1) is 6.92 Å². The smallest absolute Gasteiger partial charge is 0.117 e. The summed E-state index contributed by atoms with van der Waals surface area (Å²) in [5.74, 6) is 0. The van der Waals surface area contributed by atoms with E-state index in [-0.39, 0.29) is 11.7 Å². The molecule has 0 amide bonds. The van der Waals surface area contributed by atoms with E-state index >= 15 is 0 Å². The molecule has 1 saturated heterocycles. The van der Waals surface area contributed by atoms with E-state index in [9.17, 15) is 5.11 Å². The largest absolute Gasteiger partial charge is 0.386 e. The molecule has 0 radical (unpaired) electrons. The normalized spacial score (nSPS) is 25.9. The van der Waals surface area contributed by atoms with Gasteiger partial charge >= 0.3 is 0 Å². The number of aryl methyl sites for hydroxylation is 1. The standard InChI is InChI=1S/C12H16O2/c1-8-4-6-9(7-5-8)10(13)11-12(2,3)14-11/h4-7,10-11,13H,1-3H3/t10-,11?/m1/s1. The molecule has 1 aliphatic heterocycles. The SMILES string of the molecule is Cc1ccc([C@@H](O)C2OC2(C)C)cc1. The van der Waals surface area contributed by atoms with Crippen LogP contribution >= 0.6 is 0 Å². The number of aliphatic hydroxyl groups excluding tert-OH is 1. The second kappa shape index (κ2) is 3.07. The van der Waals surface area contributed by atoms with Crippen molar-refractivity contribution < 1.29 is 9.84 Å². The molecule has 2 nitrogen and oxygen atoms in total. The number of benzene rings is 1. The molecule has 0 saturated carbocycles. The third-order valence-electron chi connectivity index (χ3n) is 2.76. The predicted molar refractivity (Wildman–Crippen MR) is 55.1 cm³/mol. The first-order chi connectivity index (χ1) is 6.50. The average molecular weight is 192 g/mol. The number of epoxide rings is 1. The van der Waals surface area contributed by atoms with Crippen LogP contribution in [0.2, 0.25) is 0 Å². The molecule has 0 aliphatic carbocycles. The zero-order valence-corrected chi connectivity index (χ0v) is 8.82. The Morgan fingerprint density at radius 3 is 2.21 bits per heavy atom.